The standard InChI is InChI=1S/C22H26N2O3S/c1-16-8-7-9-17(12-16)15-28(26,27)20-13-24(14-21(25)23-22(2,3)4)19-11-6-5-10-18(19)20/h5-13H,14-15H2,1-4H3,(H,23,25). The molecule has 1 aromatic heterocycles. The van der Waals surface area contributed by atoms with Crippen LogP contribution in [0.1, 0.15) is 31.9 Å². The van der Waals surface area contributed by atoms with Crippen LogP contribution < -0.4 is 5.32 Å². The molecule has 0 fully saturated rings. The molecule has 1 N–H and O–H groups in total. The number of rotatable bonds is 5. The number of hydrogen-bond donors (Lipinski definition) is 1. The van der Waals surface area contributed by atoms with Crippen LogP contribution in [0, 0.1) is 6.92 Å². The van der Waals surface area contributed by atoms with Gasteiger partial charge in [0.15, 0.2) is 9.84 Å². The minimum Gasteiger partial charge on any atom is -0.350 e. The predicted octanol–water partition coefficient (Wildman–Crippen LogP) is 3.84. The fourth-order valence-corrected chi connectivity index (χ4v) is 4.87. The van der Waals surface area contributed by atoms with Gasteiger partial charge >= 0.3 is 0 Å². The SMILES string of the molecule is Cc1cccc(CS(=O)(=O)c2cn(CC(=O)NC(C)(C)C)c3ccccc23)c1. The molecule has 0 bridgehead atoms. The molecule has 0 aliphatic carbocycles. The second-order valence-electron chi connectivity index (χ2n) is 8.18. The molecule has 3 rings (SSSR count). The van der Waals surface area contributed by atoms with Crippen molar-refractivity contribution in [3.05, 3.63) is 65.9 Å². The summed E-state index contributed by atoms with van der Waals surface area (Å²) in [6.45, 7) is 7.75. The lowest BCUT2D eigenvalue weighted by molar-refractivity contribution is -0.123. The first-order valence-corrected chi connectivity index (χ1v) is 10.9. The summed E-state index contributed by atoms with van der Waals surface area (Å²) in [7, 11) is -3.56. The third-order valence-electron chi connectivity index (χ3n) is 4.35. The third-order valence-corrected chi connectivity index (χ3v) is 6.06. The maximum atomic E-state index is 13.1. The number of carbonyl (C=O) groups is 1. The van der Waals surface area contributed by atoms with Crippen molar-refractivity contribution in [1.29, 1.82) is 0 Å². The number of aryl methyl sites for hydroxylation is 1. The number of amides is 1. The van der Waals surface area contributed by atoms with Crippen LogP contribution in [0.2, 0.25) is 0 Å². The van der Waals surface area contributed by atoms with Crippen molar-refractivity contribution in [1.82, 2.24) is 9.88 Å². The highest BCUT2D eigenvalue weighted by Gasteiger charge is 2.23. The lowest BCUT2D eigenvalue weighted by Gasteiger charge is -2.20. The Morgan fingerprint density at radius 3 is 2.46 bits per heavy atom. The Balaban J connectivity index is 1.99. The molecule has 1 amide bonds. The number of sulfone groups is 1. The maximum Gasteiger partial charge on any atom is 0.240 e. The van der Waals surface area contributed by atoms with Crippen LogP contribution in [-0.2, 0) is 26.9 Å². The van der Waals surface area contributed by atoms with Crippen molar-refractivity contribution in [2.75, 3.05) is 0 Å². The second-order valence-corrected chi connectivity index (χ2v) is 10.1. The van der Waals surface area contributed by atoms with Crippen molar-refractivity contribution < 1.29 is 13.2 Å². The molecule has 1 heterocycles. The summed E-state index contributed by atoms with van der Waals surface area (Å²) < 4.78 is 28.0. The molecule has 0 aliphatic rings. The van der Waals surface area contributed by atoms with Crippen LogP contribution in [0.3, 0.4) is 0 Å². The summed E-state index contributed by atoms with van der Waals surface area (Å²) >= 11 is 0. The van der Waals surface area contributed by atoms with Gasteiger partial charge in [0, 0.05) is 22.6 Å². The van der Waals surface area contributed by atoms with E-state index < -0.39 is 9.84 Å². The van der Waals surface area contributed by atoms with Gasteiger partial charge in [0.25, 0.3) is 0 Å². The topological polar surface area (TPSA) is 68.2 Å². The number of para-hydroxylation sites is 1. The van der Waals surface area contributed by atoms with E-state index in [1.165, 1.54) is 0 Å². The van der Waals surface area contributed by atoms with E-state index in [1.54, 1.807) is 16.8 Å². The summed E-state index contributed by atoms with van der Waals surface area (Å²) in [5.41, 5.74) is 2.16. The van der Waals surface area contributed by atoms with Crippen LogP contribution in [0.5, 0.6) is 0 Å². The van der Waals surface area contributed by atoms with E-state index in [0.717, 1.165) is 16.6 Å². The lowest BCUT2D eigenvalue weighted by atomic mass is 10.1. The number of benzene rings is 2. The monoisotopic (exact) mass is 398 g/mol. The van der Waals surface area contributed by atoms with Crippen LogP contribution in [0.15, 0.2) is 59.6 Å². The minimum atomic E-state index is -3.56. The lowest BCUT2D eigenvalue weighted by Crippen LogP contribution is -2.42. The third kappa shape index (κ3) is 4.62. The van der Waals surface area contributed by atoms with Gasteiger partial charge in [-0.15, -0.1) is 0 Å². The Labute approximate surface area is 166 Å². The maximum absolute atomic E-state index is 13.1. The summed E-state index contributed by atoms with van der Waals surface area (Å²) in [6.07, 6.45) is 1.58. The molecule has 0 saturated heterocycles. The summed E-state index contributed by atoms with van der Waals surface area (Å²) in [5.74, 6) is -0.229. The molecule has 0 atom stereocenters. The first-order chi connectivity index (χ1) is 13.0. The average molecular weight is 399 g/mol. The normalized spacial score (nSPS) is 12.3. The Bertz CT molecular complexity index is 1120. The zero-order valence-electron chi connectivity index (χ0n) is 16.7. The van der Waals surface area contributed by atoms with Gasteiger partial charge in [0.05, 0.1) is 10.6 Å². The number of hydrogen-bond acceptors (Lipinski definition) is 3. The zero-order valence-corrected chi connectivity index (χ0v) is 17.5. The van der Waals surface area contributed by atoms with E-state index in [-0.39, 0.29) is 28.6 Å². The molecule has 0 unspecified atom stereocenters. The first-order valence-electron chi connectivity index (χ1n) is 9.22. The largest absolute Gasteiger partial charge is 0.350 e. The molecule has 0 spiro atoms. The molecule has 2 aromatic carbocycles. The molecule has 0 aliphatic heterocycles. The van der Waals surface area contributed by atoms with E-state index in [9.17, 15) is 13.2 Å². The molecule has 0 saturated carbocycles. The highest BCUT2D eigenvalue weighted by Crippen LogP contribution is 2.28. The number of aromatic nitrogens is 1. The minimum absolute atomic E-state index is 0.0672. The second kappa shape index (κ2) is 7.43. The van der Waals surface area contributed by atoms with Gasteiger partial charge in [0.1, 0.15) is 6.54 Å². The van der Waals surface area contributed by atoms with Crippen molar-refractivity contribution in [3.8, 4) is 0 Å². The highest BCUT2D eigenvalue weighted by molar-refractivity contribution is 7.90. The van der Waals surface area contributed by atoms with E-state index in [0.29, 0.717) is 5.39 Å². The number of nitrogens with one attached hydrogen (secondary N) is 1. The fourth-order valence-electron chi connectivity index (χ4n) is 3.30. The number of fused-ring (bicyclic) bond motifs is 1. The fraction of sp³-hybridized carbons (Fsp3) is 0.318. The van der Waals surface area contributed by atoms with Crippen molar-refractivity contribution >= 4 is 26.6 Å². The number of nitrogens with zero attached hydrogens (tertiary/aromatic N) is 1. The quantitative estimate of drug-likeness (QED) is 0.710. The van der Waals surface area contributed by atoms with Crippen molar-refractivity contribution in [2.24, 2.45) is 0 Å². The van der Waals surface area contributed by atoms with E-state index in [1.807, 2.05) is 70.2 Å². The molecule has 6 heteroatoms. The zero-order chi connectivity index (χ0) is 20.5. The van der Waals surface area contributed by atoms with Crippen LogP contribution in [-0.4, -0.2) is 24.4 Å². The Hall–Kier alpha value is -2.60. The average Bonchev–Trinajstić information content (AvgIpc) is 2.92. The summed E-state index contributed by atoms with van der Waals surface area (Å²) in [5, 5.41) is 3.55. The van der Waals surface area contributed by atoms with Crippen LogP contribution >= 0.6 is 0 Å². The van der Waals surface area contributed by atoms with Gasteiger partial charge in [-0.2, -0.15) is 0 Å². The molecule has 148 valence electrons. The Kier molecular flexibility index (Phi) is 5.35. The van der Waals surface area contributed by atoms with E-state index >= 15 is 0 Å². The van der Waals surface area contributed by atoms with E-state index in [4.69, 9.17) is 0 Å². The van der Waals surface area contributed by atoms with Crippen LogP contribution in [0.25, 0.3) is 10.9 Å². The van der Waals surface area contributed by atoms with Gasteiger partial charge in [-0.05, 0) is 39.3 Å². The van der Waals surface area contributed by atoms with Crippen molar-refractivity contribution in [2.45, 2.75) is 50.4 Å². The Morgan fingerprint density at radius 1 is 1.07 bits per heavy atom. The summed E-state index contributed by atoms with van der Waals surface area (Å²) in [4.78, 5) is 12.6. The molecule has 28 heavy (non-hydrogen) atoms. The predicted molar refractivity (Wildman–Crippen MR) is 112 cm³/mol. The van der Waals surface area contributed by atoms with E-state index in [2.05, 4.69) is 5.32 Å². The van der Waals surface area contributed by atoms with Crippen molar-refractivity contribution in [3.63, 3.8) is 0 Å². The first kappa shape index (κ1) is 20.1. The van der Waals surface area contributed by atoms with Gasteiger partial charge < -0.3 is 9.88 Å². The van der Waals surface area contributed by atoms with Gasteiger partial charge in [-0.25, -0.2) is 8.42 Å². The number of carbonyl (C=O) groups excluding carboxylic acids is 1. The molecule has 3 aromatic rings. The van der Waals surface area contributed by atoms with Crippen LogP contribution in [0.4, 0.5) is 0 Å². The summed E-state index contributed by atoms with van der Waals surface area (Å²) in [6, 6.07) is 14.8. The highest BCUT2D eigenvalue weighted by atomic mass is 32.2. The van der Waals surface area contributed by atoms with Gasteiger partial charge in [-0.3, -0.25) is 4.79 Å². The van der Waals surface area contributed by atoms with Gasteiger partial charge in [-0.1, -0.05) is 48.0 Å². The molecular weight excluding hydrogens is 372 g/mol. The smallest absolute Gasteiger partial charge is 0.240 e. The molecule has 0 radical (unpaired) electrons. The Morgan fingerprint density at radius 2 is 1.79 bits per heavy atom. The molecule has 5 nitrogen and oxygen atoms in total. The molecular formula is C22H26N2O3S. The van der Waals surface area contributed by atoms with Gasteiger partial charge in [0.2, 0.25) is 5.91 Å².